The predicted molar refractivity (Wildman–Crippen MR) is 69.9 cm³/mol. The van der Waals surface area contributed by atoms with Gasteiger partial charge in [0.25, 0.3) is 0 Å². The molecule has 0 aliphatic carbocycles. The van der Waals surface area contributed by atoms with Crippen LogP contribution in [0.15, 0.2) is 48.1 Å². The molecule has 0 spiro atoms. The molecule has 1 aliphatic heterocycles. The van der Waals surface area contributed by atoms with Crippen LogP contribution in [0.25, 0.3) is 0 Å². The van der Waals surface area contributed by atoms with E-state index in [0.717, 1.165) is 24.2 Å². The molecule has 1 aliphatic rings. The summed E-state index contributed by atoms with van der Waals surface area (Å²) in [6.45, 7) is 2.37. The maximum absolute atomic E-state index is 10.6. The van der Waals surface area contributed by atoms with Crippen LogP contribution >= 0.6 is 0 Å². The van der Waals surface area contributed by atoms with Crippen molar-refractivity contribution in [3.8, 4) is 11.5 Å². The van der Waals surface area contributed by atoms with E-state index in [-0.39, 0.29) is 6.10 Å². The van der Waals surface area contributed by atoms with Gasteiger partial charge in [-0.3, -0.25) is 4.79 Å². The van der Waals surface area contributed by atoms with Gasteiger partial charge < -0.3 is 9.47 Å². The van der Waals surface area contributed by atoms with Gasteiger partial charge in [-0.25, -0.2) is 0 Å². The molecule has 18 heavy (non-hydrogen) atoms. The Morgan fingerprint density at radius 1 is 1.39 bits per heavy atom. The van der Waals surface area contributed by atoms with Crippen LogP contribution in [-0.4, -0.2) is 19.0 Å². The Morgan fingerprint density at radius 2 is 2.17 bits per heavy atom. The van der Waals surface area contributed by atoms with Crippen LogP contribution in [0.4, 0.5) is 0 Å². The number of hydrogen-bond donors (Lipinski definition) is 0. The summed E-state index contributed by atoms with van der Waals surface area (Å²) in [5.41, 5.74) is 0.673. The van der Waals surface area contributed by atoms with Gasteiger partial charge in [-0.1, -0.05) is 30.4 Å². The third-order valence-corrected chi connectivity index (χ3v) is 2.75. The number of ether oxygens (including phenoxy) is 2. The third-order valence-electron chi connectivity index (χ3n) is 2.75. The number of carbonyl (C=O) groups is 1. The first kappa shape index (κ1) is 12.4. The molecule has 1 unspecified atom stereocenters. The lowest BCUT2D eigenvalue weighted by molar-refractivity contribution is -0.104. The molecule has 0 aromatic heterocycles. The minimum absolute atomic E-state index is 0.000841. The molecule has 0 amide bonds. The summed E-state index contributed by atoms with van der Waals surface area (Å²) in [5, 5.41) is 0. The Bertz CT molecular complexity index is 474. The normalized spacial score (nSPS) is 18.9. The molecule has 1 atom stereocenters. The van der Waals surface area contributed by atoms with Crippen LogP contribution in [-0.2, 0) is 4.79 Å². The molecular formula is C15H16O3. The summed E-state index contributed by atoms with van der Waals surface area (Å²) in [4.78, 5) is 10.6. The standard InChI is InChI=1S/C15H16O3/c1-2-12(10-16)6-5-7-13-11-17-14-8-3-4-9-15(14)18-13/h2-6,8-10,13H,7,11H2,1H3. The summed E-state index contributed by atoms with van der Waals surface area (Å²) in [5.74, 6) is 1.57. The Morgan fingerprint density at radius 3 is 2.89 bits per heavy atom. The van der Waals surface area contributed by atoms with Gasteiger partial charge in [0.2, 0.25) is 0 Å². The summed E-state index contributed by atoms with van der Waals surface area (Å²) < 4.78 is 11.4. The van der Waals surface area contributed by atoms with E-state index in [1.54, 1.807) is 12.2 Å². The Hall–Kier alpha value is -2.03. The maximum Gasteiger partial charge on any atom is 0.161 e. The van der Waals surface area contributed by atoms with Crippen molar-refractivity contribution in [3.63, 3.8) is 0 Å². The number of para-hydroxylation sites is 2. The number of rotatable bonds is 4. The second kappa shape index (κ2) is 6.05. The highest BCUT2D eigenvalue weighted by Crippen LogP contribution is 2.31. The average molecular weight is 244 g/mol. The van der Waals surface area contributed by atoms with Gasteiger partial charge in [0, 0.05) is 12.0 Å². The first-order valence-corrected chi connectivity index (χ1v) is 6.00. The zero-order chi connectivity index (χ0) is 12.8. The lowest BCUT2D eigenvalue weighted by Crippen LogP contribution is -2.28. The fraction of sp³-hybridized carbons (Fsp3) is 0.267. The molecule has 0 saturated carbocycles. The summed E-state index contributed by atoms with van der Waals surface area (Å²) >= 11 is 0. The number of carbonyl (C=O) groups excluding carboxylic acids is 1. The SMILES string of the molecule is CC=C(C=O)C=CCC1COc2ccccc2O1. The van der Waals surface area contributed by atoms with Gasteiger partial charge in [0.15, 0.2) is 11.5 Å². The fourth-order valence-corrected chi connectivity index (χ4v) is 1.74. The van der Waals surface area contributed by atoms with Crippen molar-refractivity contribution in [1.29, 1.82) is 0 Å². The Kier molecular flexibility index (Phi) is 4.18. The van der Waals surface area contributed by atoms with Crippen LogP contribution in [0.5, 0.6) is 11.5 Å². The van der Waals surface area contributed by atoms with E-state index in [1.165, 1.54) is 0 Å². The van der Waals surface area contributed by atoms with Gasteiger partial charge in [0.1, 0.15) is 19.0 Å². The highest BCUT2D eigenvalue weighted by molar-refractivity contribution is 5.77. The van der Waals surface area contributed by atoms with E-state index in [1.807, 2.05) is 37.3 Å². The predicted octanol–water partition coefficient (Wildman–Crippen LogP) is 2.92. The molecule has 3 heteroatoms. The summed E-state index contributed by atoms with van der Waals surface area (Å²) in [7, 11) is 0. The van der Waals surface area contributed by atoms with Gasteiger partial charge >= 0.3 is 0 Å². The zero-order valence-electron chi connectivity index (χ0n) is 10.3. The van der Waals surface area contributed by atoms with Crippen molar-refractivity contribution in [3.05, 3.63) is 48.1 Å². The molecule has 0 N–H and O–H groups in total. The molecule has 94 valence electrons. The molecule has 1 heterocycles. The second-order valence-corrected chi connectivity index (χ2v) is 4.04. The molecule has 0 fully saturated rings. The van der Waals surface area contributed by atoms with Crippen molar-refractivity contribution in [2.75, 3.05) is 6.61 Å². The lowest BCUT2D eigenvalue weighted by atomic mass is 10.2. The maximum atomic E-state index is 10.6. The van der Waals surface area contributed by atoms with Crippen LogP contribution in [0.2, 0.25) is 0 Å². The molecule has 3 nitrogen and oxygen atoms in total. The first-order valence-electron chi connectivity index (χ1n) is 6.00. The molecular weight excluding hydrogens is 228 g/mol. The monoisotopic (exact) mass is 244 g/mol. The zero-order valence-corrected chi connectivity index (χ0v) is 10.3. The van der Waals surface area contributed by atoms with Crippen LogP contribution < -0.4 is 9.47 Å². The van der Waals surface area contributed by atoms with E-state index in [2.05, 4.69) is 0 Å². The molecule has 2 rings (SSSR count). The van der Waals surface area contributed by atoms with E-state index < -0.39 is 0 Å². The number of fused-ring (bicyclic) bond motifs is 1. The Labute approximate surface area is 107 Å². The van der Waals surface area contributed by atoms with E-state index in [4.69, 9.17) is 9.47 Å². The minimum atomic E-state index is 0.000841. The number of hydrogen-bond acceptors (Lipinski definition) is 3. The number of allylic oxidation sites excluding steroid dienone is 3. The van der Waals surface area contributed by atoms with E-state index in [0.29, 0.717) is 12.2 Å². The minimum Gasteiger partial charge on any atom is -0.486 e. The largest absolute Gasteiger partial charge is 0.486 e. The van der Waals surface area contributed by atoms with Crippen LogP contribution in [0.1, 0.15) is 13.3 Å². The smallest absolute Gasteiger partial charge is 0.161 e. The van der Waals surface area contributed by atoms with Crippen LogP contribution in [0.3, 0.4) is 0 Å². The van der Waals surface area contributed by atoms with Crippen LogP contribution in [0, 0.1) is 0 Å². The number of aldehydes is 1. The molecule has 0 bridgehead atoms. The lowest BCUT2D eigenvalue weighted by Gasteiger charge is -2.25. The fourth-order valence-electron chi connectivity index (χ4n) is 1.74. The molecule has 0 radical (unpaired) electrons. The van der Waals surface area contributed by atoms with Crippen molar-refractivity contribution < 1.29 is 14.3 Å². The quantitative estimate of drug-likeness (QED) is 0.464. The summed E-state index contributed by atoms with van der Waals surface area (Å²) in [6.07, 6.45) is 7.07. The second-order valence-electron chi connectivity index (χ2n) is 4.04. The number of benzene rings is 1. The average Bonchev–Trinajstić information content (AvgIpc) is 2.43. The molecule has 1 aromatic rings. The van der Waals surface area contributed by atoms with Crippen molar-refractivity contribution in [2.24, 2.45) is 0 Å². The third kappa shape index (κ3) is 3.00. The van der Waals surface area contributed by atoms with Crippen molar-refractivity contribution in [2.45, 2.75) is 19.4 Å². The van der Waals surface area contributed by atoms with Crippen molar-refractivity contribution >= 4 is 6.29 Å². The van der Waals surface area contributed by atoms with Gasteiger partial charge in [-0.2, -0.15) is 0 Å². The summed E-state index contributed by atoms with van der Waals surface area (Å²) in [6, 6.07) is 7.63. The topological polar surface area (TPSA) is 35.5 Å². The van der Waals surface area contributed by atoms with Gasteiger partial charge in [0.05, 0.1) is 0 Å². The van der Waals surface area contributed by atoms with Crippen molar-refractivity contribution in [1.82, 2.24) is 0 Å². The van der Waals surface area contributed by atoms with E-state index >= 15 is 0 Å². The Balaban J connectivity index is 1.92. The first-order chi connectivity index (χ1) is 8.83. The highest BCUT2D eigenvalue weighted by atomic mass is 16.6. The van der Waals surface area contributed by atoms with E-state index in [9.17, 15) is 4.79 Å². The molecule has 0 saturated heterocycles. The van der Waals surface area contributed by atoms with Gasteiger partial charge in [-0.15, -0.1) is 0 Å². The molecule has 1 aromatic carbocycles. The highest BCUT2D eigenvalue weighted by Gasteiger charge is 2.18. The van der Waals surface area contributed by atoms with Gasteiger partial charge in [-0.05, 0) is 19.1 Å².